The average molecular weight is 238 g/mol. The van der Waals surface area contributed by atoms with E-state index in [4.69, 9.17) is 4.74 Å². The van der Waals surface area contributed by atoms with Crippen molar-refractivity contribution in [1.29, 1.82) is 0 Å². The first-order valence-corrected chi connectivity index (χ1v) is 6.09. The number of hydrogen-bond donors (Lipinski definition) is 2. The zero-order valence-corrected chi connectivity index (χ0v) is 10.8. The van der Waals surface area contributed by atoms with Crippen molar-refractivity contribution in [2.75, 3.05) is 7.11 Å². The van der Waals surface area contributed by atoms with Crippen LogP contribution in [0.3, 0.4) is 0 Å². The minimum Gasteiger partial charge on any atom is -0.496 e. The number of para-hydroxylation sites is 1. The maximum absolute atomic E-state index is 10.2. The number of methoxy groups -OCH3 is 1. The summed E-state index contributed by atoms with van der Waals surface area (Å²) in [6, 6.07) is 7.56. The van der Waals surface area contributed by atoms with E-state index in [0.29, 0.717) is 19.3 Å². The molecule has 1 aromatic carbocycles. The predicted molar refractivity (Wildman–Crippen MR) is 68.2 cm³/mol. The van der Waals surface area contributed by atoms with Crippen LogP contribution in [0.25, 0.3) is 0 Å². The van der Waals surface area contributed by atoms with Crippen LogP contribution in [0.15, 0.2) is 24.3 Å². The van der Waals surface area contributed by atoms with Crippen LogP contribution in [0.2, 0.25) is 0 Å². The van der Waals surface area contributed by atoms with Crippen LogP contribution < -0.4 is 4.74 Å². The number of hydrogen-bond acceptors (Lipinski definition) is 3. The molecule has 1 aromatic rings. The van der Waals surface area contributed by atoms with Gasteiger partial charge in [0.2, 0.25) is 0 Å². The number of benzene rings is 1. The summed E-state index contributed by atoms with van der Waals surface area (Å²) >= 11 is 0. The van der Waals surface area contributed by atoms with E-state index in [0.717, 1.165) is 11.3 Å². The van der Waals surface area contributed by atoms with Gasteiger partial charge in [-0.1, -0.05) is 32.0 Å². The summed E-state index contributed by atoms with van der Waals surface area (Å²) in [6.07, 6.45) is 0.718. The number of aliphatic hydroxyl groups excluding tert-OH is 1. The molecule has 0 radical (unpaired) electrons. The first-order valence-electron chi connectivity index (χ1n) is 6.09. The molecule has 0 heterocycles. The Morgan fingerprint density at radius 2 is 1.82 bits per heavy atom. The van der Waals surface area contributed by atoms with Gasteiger partial charge < -0.3 is 14.9 Å². The Balaban J connectivity index is 2.83. The SMILES string of the molecule is CCC(O)(CC)C(O)Cc1ccccc1OC. The maximum Gasteiger partial charge on any atom is 0.122 e. The molecule has 0 aliphatic heterocycles. The highest BCUT2D eigenvalue weighted by molar-refractivity contribution is 5.34. The quantitative estimate of drug-likeness (QED) is 0.798. The molecule has 0 saturated carbocycles. The molecule has 3 nitrogen and oxygen atoms in total. The lowest BCUT2D eigenvalue weighted by atomic mass is 9.87. The molecule has 1 unspecified atom stereocenters. The lowest BCUT2D eigenvalue weighted by molar-refractivity contribution is -0.0791. The third kappa shape index (κ3) is 3.20. The van der Waals surface area contributed by atoms with Crippen molar-refractivity contribution in [3.8, 4) is 5.75 Å². The molecule has 17 heavy (non-hydrogen) atoms. The molecule has 1 rings (SSSR count). The molecule has 96 valence electrons. The van der Waals surface area contributed by atoms with Gasteiger partial charge in [-0.2, -0.15) is 0 Å². The van der Waals surface area contributed by atoms with Crippen molar-refractivity contribution in [3.63, 3.8) is 0 Å². The van der Waals surface area contributed by atoms with Gasteiger partial charge in [0.1, 0.15) is 5.75 Å². The van der Waals surface area contributed by atoms with E-state index in [1.807, 2.05) is 38.1 Å². The van der Waals surface area contributed by atoms with Crippen molar-refractivity contribution in [1.82, 2.24) is 0 Å². The van der Waals surface area contributed by atoms with E-state index >= 15 is 0 Å². The Kier molecular flexibility index (Phi) is 4.97. The molecule has 3 heteroatoms. The van der Waals surface area contributed by atoms with Crippen molar-refractivity contribution in [2.24, 2.45) is 0 Å². The van der Waals surface area contributed by atoms with Gasteiger partial charge in [0.25, 0.3) is 0 Å². The molecule has 1 atom stereocenters. The fraction of sp³-hybridized carbons (Fsp3) is 0.571. The first-order chi connectivity index (χ1) is 8.07. The van der Waals surface area contributed by atoms with Crippen molar-refractivity contribution < 1.29 is 14.9 Å². The minimum atomic E-state index is -1.01. The lowest BCUT2D eigenvalue weighted by Crippen LogP contribution is -2.42. The highest BCUT2D eigenvalue weighted by Crippen LogP contribution is 2.26. The normalized spacial score (nSPS) is 13.5. The topological polar surface area (TPSA) is 49.7 Å². The molecule has 0 aromatic heterocycles. The monoisotopic (exact) mass is 238 g/mol. The zero-order chi connectivity index (χ0) is 12.9. The number of rotatable bonds is 6. The molecule has 0 bridgehead atoms. The summed E-state index contributed by atoms with van der Waals surface area (Å²) in [6.45, 7) is 3.77. The third-order valence-corrected chi connectivity index (χ3v) is 3.45. The van der Waals surface area contributed by atoms with Gasteiger partial charge in [0.05, 0.1) is 18.8 Å². The van der Waals surface area contributed by atoms with Gasteiger partial charge in [0, 0.05) is 6.42 Å². The van der Waals surface area contributed by atoms with Crippen molar-refractivity contribution >= 4 is 0 Å². The zero-order valence-electron chi connectivity index (χ0n) is 10.8. The van der Waals surface area contributed by atoms with E-state index in [9.17, 15) is 10.2 Å². The minimum absolute atomic E-state index is 0.405. The fourth-order valence-electron chi connectivity index (χ4n) is 1.99. The van der Waals surface area contributed by atoms with E-state index < -0.39 is 11.7 Å². The maximum atomic E-state index is 10.2. The summed E-state index contributed by atoms with van der Waals surface area (Å²) in [5.74, 6) is 0.751. The summed E-state index contributed by atoms with van der Waals surface area (Å²) in [4.78, 5) is 0. The molecular formula is C14H22O3. The second-order valence-electron chi connectivity index (χ2n) is 4.34. The molecule has 0 fully saturated rings. The molecule has 0 spiro atoms. The van der Waals surface area contributed by atoms with Gasteiger partial charge in [-0.15, -0.1) is 0 Å². The number of ether oxygens (including phenoxy) is 1. The van der Waals surface area contributed by atoms with E-state index in [2.05, 4.69) is 0 Å². The van der Waals surface area contributed by atoms with Crippen LogP contribution in [0.5, 0.6) is 5.75 Å². The average Bonchev–Trinajstić information content (AvgIpc) is 2.38. The Labute approximate surface area is 103 Å². The van der Waals surface area contributed by atoms with Gasteiger partial charge in [0.15, 0.2) is 0 Å². The highest BCUT2D eigenvalue weighted by Gasteiger charge is 2.32. The molecule has 2 N–H and O–H groups in total. The lowest BCUT2D eigenvalue weighted by Gasteiger charge is -2.31. The third-order valence-electron chi connectivity index (χ3n) is 3.45. The van der Waals surface area contributed by atoms with Crippen LogP contribution in [0.1, 0.15) is 32.3 Å². The Bertz CT molecular complexity index is 345. The van der Waals surface area contributed by atoms with Gasteiger partial charge in [-0.3, -0.25) is 0 Å². The summed E-state index contributed by atoms with van der Waals surface area (Å²) < 4.78 is 5.23. The van der Waals surface area contributed by atoms with Crippen LogP contribution in [0, 0.1) is 0 Å². The summed E-state index contributed by atoms with van der Waals surface area (Å²) in [7, 11) is 1.61. The largest absolute Gasteiger partial charge is 0.496 e. The first kappa shape index (κ1) is 14.0. The highest BCUT2D eigenvalue weighted by atomic mass is 16.5. The van der Waals surface area contributed by atoms with Crippen molar-refractivity contribution in [3.05, 3.63) is 29.8 Å². The Morgan fingerprint density at radius 1 is 1.24 bits per heavy atom. The van der Waals surface area contributed by atoms with Crippen LogP contribution in [0.4, 0.5) is 0 Å². The molecule has 0 saturated heterocycles. The Morgan fingerprint density at radius 3 is 2.35 bits per heavy atom. The number of aliphatic hydroxyl groups is 2. The smallest absolute Gasteiger partial charge is 0.122 e. The van der Waals surface area contributed by atoms with Crippen LogP contribution >= 0.6 is 0 Å². The van der Waals surface area contributed by atoms with Gasteiger partial charge in [-0.25, -0.2) is 0 Å². The predicted octanol–water partition coefficient (Wildman–Crippen LogP) is 2.15. The molecule has 0 amide bonds. The second kappa shape index (κ2) is 6.03. The van der Waals surface area contributed by atoms with E-state index in [1.54, 1.807) is 7.11 Å². The molecule has 0 aliphatic carbocycles. The van der Waals surface area contributed by atoms with Crippen molar-refractivity contribution in [2.45, 2.75) is 44.8 Å². The van der Waals surface area contributed by atoms with E-state index in [1.165, 1.54) is 0 Å². The van der Waals surface area contributed by atoms with Gasteiger partial charge in [-0.05, 0) is 24.5 Å². The van der Waals surface area contributed by atoms with E-state index in [-0.39, 0.29) is 0 Å². The van der Waals surface area contributed by atoms with Crippen LogP contribution in [-0.4, -0.2) is 29.0 Å². The summed E-state index contributed by atoms with van der Waals surface area (Å²) in [5, 5.41) is 20.4. The van der Waals surface area contributed by atoms with Gasteiger partial charge >= 0.3 is 0 Å². The standard InChI is InChI=1S/C14H22O3/c1-4-14(16,5-2)13(15)10-11-8-6-7-9-12(11)17-3/h6-9,13,15-16H,4-5,10H2,1-3H3. The Hall–Kier alpha value is -1.06. The fourth-order valence-corrected chi connectivity index (χ4v) is 1.99. The second-order valence-corrected chi connectivity index (χ2v) is 4.34. The molecular weight excluding hydrogens is 216 g/mol. The van der Waals surface area contributed by atoms with Crippen LogP contribution in [-0.2, 0) is 6.42 Å². The molecule has 0 aliphatic rings. The summed E-state index contributed by atoms with van der Waals surface area (Å²) in [5.41, 5.74) is -0.0938.